The second-order valence-corrected chi connectivity index (χ2v) is 20.4. The van der Waals surface area contributed by atoms with Crippen molar-refractivity contribution in [3.63, 3.8) is 0 Å². The monoisotopic (exact) mass is 1030 g/mol. The van der Waals surface area contributed by atoms with Gasteiger partial charge in [-0.15, -0.1) is 0 Å². The van der Waals surface area contributed by atoms with Gasteiger partial charge in [-0.05, 0) is 68.8 Å². The van der Waals surface area contributed by atoms with Crippen molar-refractivity contribution in [2.24, 2.45) is 0 Å². The van der Waals surface area contributed by atoms with Gasteiger partial charge in [0.1, 0.15) is 37.9 Å². The zero-order valence-electron chi connectivity index (χ0n) is 45.7. The molecule has 0 aliphatic heterocycles. The van der Waals surface area contributed by atoms with Gasteiger partial charge in [-0.1, -0.05) is 248 Å². The lowest BCUT2D eigenvalue weighted by Gasteiger charge is -2.26. The fraction of sp³-hybridized carbons (Fsp3) is 0.222. The molecule has 0 radical (unpaired) electrons. The molecule has 6 heteroatoms. The van der Waals surface area contributed by atoms with Gasteiger partial charge in [0.15, 0.2) is 0 Å². The molecule has 0 aliphatic carbocycles. The van der Waals surface area contributed by atoms with Crippen LogP contribution in [0.15, 0.2) is 231 Å². The van der Waals surface area contributed by atoms with Crippen LogP contribution in [0.1, 0.15) is 165 Å². The van der Waals surface area contributed by atoms with Crippen molar-refractivity contribution in [2.75, 3.05) is 26.4 Å². The summed E-state index contributed by atoms with van der Waals surface area (Å²) in [5.41, 5.74) is 14.5. The van der Waals surface area contributed by atoms with Gasteiger partial charge in [0.25, 0.3) is 0 Å². The predicted molar refractivity (Wildman–Crippen MR) is 315 cm³/mol. The van der Waals surface area contributed by atoms with Gasteiger partial charge in [0.2, 0.25) is 0 Å². The number of carbonyl (C=O) groups excluding carboxylic acids is 2. The van der Waals surface area contributed by atoms with E-state index in [0.29, 0.717) is 11.1 Å². The Morgan fingerprint density at radius 1 is 0.282 bits per heavy atom. The van der Waals surface area contributed by atoms with Crippen molar-refractivity contribution in [1.29, 1.82) is 0 Å². The standard InChI is InChI=1S/C72H70O6/c1-49(55-25-13-7-14-26-55)63-45-65(51(3)57-29-17-9-18-30-57)69(66(46-63)52(4)58-31-19-10-20-32-58)75-41-43-77-71(73)61-37-39-62(40-38-61)72(74)78-44-42-76-70-67(53(5)59-33-21-11-22-34-59)47-64(50(2)56-27-15-8-16-28-56)48-68(70)54(6)60-35-23-12-24-36-60/h7-40,45-54H,41-44H2,1-6H3. The Labute approximate surface area is 461 Å². The van der Waals surface area contributed by atoms with E-state index in [2.05, 4.69) is 224 Å². The molecule has 0 spiro atoms. The zero-order valence-corrected chi connectivity index (χ0v) is 45.7. The van der Waals surface area contributed by atoms with Crippen LogP contribution in [-0.2, 0) is 9.47 Å². The summed E-state index contributed by atoms with van der Waals surface area (Å²) in [6.45, 7) is 13.7. The number of hydrogen-bond acceptors (Lipinski definition) is 6. The minimum Gasteiger partial charge on any atom is -0.489 e. The van der Waals surface area contributed by atoms with Crippen LogP contribution in [0.5, 0.6) is 11.5 Å². The highest BCUT2D eigenvalue weighted by atomic mass is 16.6. The topological polar surface area (TPSA) is 71.1 Å². The van der Waals surface area contributed by atoms with Crippen LogP contribution in [-0.4, -0.2) is 38.4 Å². The van der Waals surface area contributed by atoms with Crippen LogP contribution in [0.2, 0.25) is 0 Å². The van der Waals surface area contributed by atoms with E-state index in [9.17, 15) is 9.59 Å². The fourth-order valence-electron chi connectivity index (χ4n) is 10.5. The molecule has 0 aromatic heterocycles. The van der Waals surface area contributed by atoms with Crippen molar-refractivity contribution in [3.8, 4) is 11.5 Å². The van der Waals surface area contributed by atoms with E-state index < -0.39 is 11.9 Å². The van der Waals surface area contributed by atoms with Crippen LogP contribution in [0, 0.1) is 0 Å². The third-order valence-corrected chi connectivity index (χ3v) is 15.5. The molecule has 0 N–H and O–H groups in total. The fourth-order valence-corrected chi connectivity index (χ4v) is 10.5. The molecule has 0 amide bonds. The molecule has 9 aromatic rings. The Morgan fingerprint density at radius 2 is 0.500 bits per heavy atom. The highest BCUT2D eigenvalue weighted by Gasteiger charge is 2.27. The first-order valence-electron chi connectivity index (χ1n) is 27.4. The summed E-state index contributed by atoms with van der Waals surface area (Å²) in [7, 11) is 0. The molecule has 6 unspecified atom stereocenters. The first-order valence-corrected chi connectivity index (χ1v) is 27.4. The second kappa shape index (κ2) is 26.0. The van der Waals surface area contributed by atoms with Crippen LogP contribution in [0.4, 0.5) is 0 Å². The first-order chi connectivity index (χ1) is 38.0. The van der Waals surface area contributed by atoms with E-state index in [-0.39, 0.29) is 61.9 Å². The van der Waals surface area contributed by atoms with E-state index in [1.807, 2.05) is 24.3 Å². The van der Waals surface area contributed by atoms with Gasteiger partial charge in [-0.2, -0.15) is 0 Å². The Bertz CT molecular complexity index is 2980. The third-order valence-electron chi connectivity index (χ3n) is 15.5. The summed E-state index contributed by atoms with van der Waals surface area (Å²) < 4.78 is 25.2. The number of benzene rings is 9. The molecule has 0 saturated heterocycles. The average molecular weight is 1030 g/mol. The number of carbonyl (C=O) groups is 2. The third kappa shape index (κ3) is 13.0. The Kier molecular flexibility index (Phi) is 18.1. The quantitative estimate of drug-likeness (QED) is 0.0498. The number of esters is 2. The van der Waals surface area contributed by atoms with Crippen LogP contribution in [0.3, 0.4) is 0 Å². The van der Waals surface area contributed by atoms with E-state index in [1.165, 1.54) is 44.5 Å². The Morgan fingerprint density at radius 3 is 0.731 bits per heavy atom. The van der Waals surface area contributed by atoms with Crippen LogP contribution < -0.4 is 9.47 Å². The van der Waals surface area contributed by atoms with Crippen LogP contribution in [0.25, 0.3) is 0 Å². The molecular formula is C72H70O6. The van der Waals surface area contributed by atoms with Crippen molar-refractivity contribution in [3.05, 3.63) is 308 Å². The molecule has 0 aliphatic rings. The summed E-state index contributed by atoms with van der Waals surface area (Å²) in [5, 5.41) is 0. The van der Waals surface area contributed by atoms with Gasteiger partial charge in [-0.3, -0.25) is 0 Å². The molecule has 9 rings (SSSR count). The van der Waals surface area contributed by atoms with Gasteiger partial charge < -0.3 is 18.9 Å². The molecule has 6 atom stereocenters. The lowest BCUT2D eigenvalue weighted by atomic mass is 9.81. The number of rotatable bonds is 22. The summed E-state index contributed by atoms with van der Waals surface area (Å²) >= 11 is 0. The van der Waals surface area contributed by atoms with Gasteiger partial charge in [0.05, 0.1) is 11.1 Å². The minimum atomic E-state index is -0.514. The largest absolute Gasteiger partial charge is 0.489 e. The average Bonchev–Trinajstić information content (AvgIpc) is 3.54. The molecule has 6 nitrogen and oxygen atoms in total. The molecule has 0 bridgehead atoms. The highest BCUT2D eigenvalue weighted by Crippen LogP contribution is 2.45. The summed E-state index contributed by atoms with van der Waals surface area (Å²) in [4.78, 5) is 27.0. The SMILES string of the molecule is CC(c1ccccc1)c1cc(C(C)c2ccccc2)c(OCCOC(=O)c2ccc(C(=O)OCCOc3c(C(C)c4ccccc4)cc(C(C)c4ccccc4)cc3C(C)c3ccccc3)cc2)c(C(C)c2ccccc2)c1. The maximum atomic E-state index is 13.5. The summed E-state index contributed by atoms with van der Waals surface area (Å²) in [6.07, 6.45) is 0. The Balaban J connectivity index is 0.879. The smallest absolute Gasteiger partial charge is 0.338 e. The number of hydrogen-bond donors (Lipinski definition) is 0. The van der Waals surface area contributed by atoms with Crippen molar-refractivity contribution in [1.82, 2.24) is 0 Å². The van der Waals surface area contributed by atoms with E-state index in [0.717, 1.165) is 33.8 Å². The maximum absolute atomic E-state index is 13.5. The highest BCUT2D eigenvalue weighted by molar-refractivity contribution is 5.93. The van der Waals surface area contributed by atoms with Gasteiger partial charge in [-0.25, -0.2) is 9.59 Å². The van der Waals surface area contributed by atoms with Crippen molar-refractivity contribution >= 4 is 11.9 Å². The van der Waals surface area contributed by atoms with E-state index in [1.54, 1.807) is 24.3 Å². The van der Waals surface area contributed by atoms with Gasteiger partial charge >= 0.3 is 11.9 Å². The predicted octanol–water partition coefficient (Wildman–Crippen LogP) is 17.1. The molecule has 0 heterocycles. The molecule has 9 aromatic carbocycles. The molecular weight excluding hydrogens is 961 g/mol. The lowest BCUT2D eigenvalue weighted by Crippen LogP contribution is -2.16. The first kappa shape index (κ1) is 54.3. The second-order valence-electron chi connectivity index (χ2n) is 20.4. The van der Waals surface area contributed by atoms with Gasteiger partial charge in [0, 0.05) is 57.8 Å². The van der Waals surface area contributed by atoms with Crippen LogP contribution >= 0.6 is 0 Å². The zero-order chi connectivity index (χ0) is 54.4. The van der Waals surface area contributed by atoms with E-state index >= 15 is 0 Å². The Hall–Kier alpha value is -8.48. The van der Waals surface area contributed by atoms with Crippen molar-refractivity contribution < 1.29 is 28.5 Å². The molecule has 0 saturated carbocycles. The minimum absolute atomic E-state index is 0.0149. The maximum Gasteiger partial charge on any atom is 0.338 e. The van der Waals surface area contributed by atoms with E-state index in [4.69, 9.17) is 18.9 Å². The lowest BCUT2D eigenvalue weighted by molar-refractivity contribution is 0.0436. The summed E-state index contributed by atoms with van der Waals surface area (Å²) in [6, 6.07) is 78.6. The normalized spacial score (nSPS) is 13.5. The number of ether oxygens (including phenoxy) is 4. The molecule has 0 fully saturated rings. The van der Waals surface area contributed by atoms with Crippen molar-refractivity contribution in [2.45, 2.75) is 77.0 Å². The molecule has 78 heavy (non-hydrogen) atoms. The summed E-state index contributed by atoms with van der Waals surface area (Å²) in [5.74, 6) is 0.908. The molecule has 394 valence electrons.